The molecule has 0 aliphatic carbocycles. The number of nitrogens with one attached hydrogen (secondary N) is 1. The Balaban J connectivity index is 1.82. The lowest BCUT2D eigenvalue weighted by Gasteiger charge is -2.14. The molecule has 0 radical (unpaired) electrons. The van der Waals surface area contributed by atoms with Crippen LogP contribution in [0.3, 0.4) is 0 Å². The maximum absolute atomic E-state index is 6.08. The molecular weight excluding hydrogens is 396 g/mol. The number of aryl methyl sites for hydroxylation is 2. The number of aromatic amines is 1. The molecule has 0 aliphatic rings. The van der Waals surface area contributed by atoms with Gasteiger partial charge in [0.2, 0.25) is 4.77 Å². The first-order valence-corrected chi connectivity index (χ1v) is 10.5. The van der Waals surface area contributed by atoms with Gasteiger partial charge in [-0.1, -0.05) is 37.6 Å². The van der Waals surface area contributed by atoms with Gasteiger partial charge in [-0.15, -0.1) is 0 Å². The van der Waals surface area contributed by atoms with Gasteiger partial charge in [0, 0.05) is 5.92 Å². The third kappa shape index (κ3) is 5.16. The number of benzene rings is 2. The van der Waals surface area contributed by atoms with Gasteiger partial charge in [0.15, 0.2) is 17.3 Å². The van der Waals surface area contributed by atoms with E-state index < -0.39 is 0 Å². The van der Waals surface area contributed by atoms with Crippen LogP contribution in [-0.4, -0.2) is 27.7 Å². The lowest BCUT2D eigenvalue weighted by atomic mass is 10.1. The number of rotatable bonds is 8. The van der Waals surface area contributed by atoms with E-state index in [0.29, 0.717) is 29.5 Å². The van der Waals surface area contributed by atoms with Crippen molar-refractivity contribution in [1.82, 2.24) is 14.9 Å². The van der Waals surface area contributed by atoms with E-state index in [0.717, 1.165) is 11.4 Å². The largest absolute Gasteiger partial charge is 0.490 e. The van der Waals surface area contributed by atoms with Crippen LogP contribution in [0.2, 0.25) is 0 Å². The molecule has 0 atom stereocenters. The zero-order valence-corrected chi connectivity index (χ0v) is 18.9. The van der Waals surface area contributed by atoms with Crippen molar-refractivity contribution in [1.29, 1.82) is 0 Å². The van der Waals surface area contributed by atoms with Crippen LogP contribution in [0.5, 0.6) is 11.5 Å². The Morgan fingerprint density at radius 3 is 2.67 bits per heavy atom. The van der Waals surface area contributed by atoms with Crippen molar-refractivity contribution in [3.63, 3.8) is 0 Å². The number of hydrogen-bond acceptors (Lipinski definition) is 5. The number of nitrogens with zero attached hydrogens (tertiary/aromatic N) is 3. The number of hydrogen-bond donors (Lipinski definition) is 1. The lowest BCUT2D eigenvalue weighted by molar-refractivity contribution is 0.269. The van der Waals surface area contributed by atoms with Gasteiger partial charge in [0.25, 0.3) is 0 Å². The van der Waals surface area contributed by atoms with Crippen LogP contribution in [0.4, 0.5) is 0 Å². The topological polar surface area (TPSA) is 64.4 Å². The number of aromatic nitrogens is 3. The smallest absolute Gasteiger partial charge is 0.216 e. The van der Waals surface area contributed by atoms with Crippen LogP contribution in [0.15, 0.2) is 41.5 Å². The third-order valence-electron chi connectivity index (χ3n) is 4.67. The SMILES string of the molecule is CCOc1cc(/C=N\n2c(C(C)C)n[nH]c2=S)ccc1OCc1cc(C)ccc1C. The quantitative estimate of drug-likeness (QED) is 0.381. The number of H-pyrrole nitrogens is 1. The highest BCUT2D eigenvalue weighted by Crippen LogP contribution is 2.29. The first-order valence-electron chi connectivity index (χ1n) is 10.1. The maximum atomic E-state index is 6.08. The minimum atomic E-state index is 0.204. The molecule has 1 aromatic heterocycles. The fraction of sp³-hybridized carbons (Fsp3) is 0.348. The third-order valence-corrected chi connectivity index (χ3v) is 4.93. The highest BCUT2D eigenvalue weighted by molar-refractivity contribution is 7.71. The molecule has 0 aliphatic heterocycles. The second-order valence-corrected chi connectivity index (χ2v) is 7.84. The Hall–Kier alpha value is -2.93. The Kier molecular flexibility index (Phi) is 7.05. The van der Waals surface area contributed by atoms with E-state index in [1.807, 2.05) is 39.0 Å². The van der Waals surface area contributed by atoms with Gasteiger partial charge in [-0.25, -0.2) is 0 Å². The molecule has 158 valence electrons. The summed E-state index contributed by atoms with van der Waals surface area (Å²) in [5.41, 5.74) is 4.48. The van der Waals surface area contributed by atoms with E-state index in [9.17, 15) is 0 Å². The molecule has 0 spiro atoms. The summed E-state index contributed by atoms with van der Waals surface area (Å²) in [6.07, 6.45) is 1.74. The summed E-state index contributed by atoms with van der Waals surface area (Å²) in [6.45, 7) is 11.3. The Morgan fingerprint density at radius 2 is 1.93 bits per heavy atom. The van der Waals surface area contributed by atoms with Gasteiger partial charge >= 0.3 is 0 Å². The minimum absolute atomic E-state index is 0.204. The Labute approximate surface area is 182 Å². The monoisotopic (exact) mass is 424 g/mol. The molecule has 7 heteroatoms. The first kappa shape index (κ1) is 21.8. The second-order valence-electron chi connectivity index (χ2n) is 7.46. The minimum Gasteiger partial charge on any atom is -0.490 e. The number of ether oxygens (including phenoxy) is 2. The molecule has 6 nitrogen and oxygen atoms in total. The van der Waals surface area contributed by atoms with Crippen molar-refractivity contribution >= 4 is 18.4 Å². The molecule has 0 fully saturated rings. The van der Waals surface area contributed by atoms with Crippen LogP contribution in [0, 0.1) is 18.6 Å². The molecule has 0 saturated heterocycles. The van der Waals surface area contributed by atoms with Gasteiger partial charge in [-0.2, -0.15) is 14.9 Å². The fourth-order valence-electron chi connectivity index (χ4n) is 3.02. The predicted molar refractivity (Wildman–Crippen MR) is 122 cm³/mol. The summed E-state index contributed by atoms with van der Waals surface area (Å²) in [4.78, 5) is 0. The molecule has 30 heavy (non-hydrogen) atoms. The molecule has 0 bridgehead atoms. The Morgan fingerprint density at radius 1 is 1.13 bits per heavy atom. The first-order chi connectivity index (χ1) is 14.4. The van der Waals surface area contributed by atoms with Crippen LogP contribution < -0.4 is 9.47 Å². The molecule has 3 rings (SSSR count). The van der Waals surface area contributed by atoms with Crippen LogP contribution in [0.1, 0.15) is 54.8 Å². The van der Waals surface area contributed by atoms with Crippen LogP contribution in [-0.2, 0) is 6.61 Å². The van der Waals surface area contributed by atoms with Crippen molar-refractivity contribution in [2.45, 2.75) is 47.1 Å². The maximum Gasteiger partial charge on any atom is 0.216 e. The average molecular weight is 425 g/mol. The van der Waals surface area contributed by atoms with Crippen LogP contribution >= 0.6 is 12.2 Å². The molecule has 1 heterocycles. The second kappa shape index (κ2) is 9.71. The van der Waals surface area contributed by atoms with Gasteiger partial charge in [-0.05, 0) is 67.9 Å². The zero-order chi connectivity index (χ0) is 21.7. The predicted octanol–water partition coefficient (Wildman–Crippen LogP) is 5.54. The van der Waals surface area contributed by atoms with E-state index in [1.165, 1.54) is 16.7 Å². The standard InChI is InChI=1S/C23H28N4O2S/c1-6-28-21-12-18(13-24-27-22(15(2)3)25-26-23(27)30)9-10-20(21)29-14-19-11-16(4)7-8-17(19)5/h7-13,15H,6,14H2,1-5H3,(H,26,30)/b24-13-. The van der Waals surface area contributed by atoms with E-state index in [1.54, 1.807) is 10.9 Å². The molecule has 1 N–H and O–H groups in total. The summed E-state index contributed by atoms with van der Waals surface area (Å²) in [7, 11) is 0. The normalized spacial score (nSPS) is 11.4. The summed E-state index contributed by atoms with van der Waals surface area (Å²) in [5, 5.41) is 11.5. The van der Waals surface area contributed by atoms with Crippen molar-refractivity contribution in [3.8, 4) is 11.5 Å². The zero-order valence-electron chi connectivity index (χ0n) is 18.1. The molecular formula is C23H28N4O2S. The van der Waals surface area contributed by atoms with E-state index in [-0.39, 0.29) is 5.92 Å². The van der Waals surface area contributed by atoms with Crippen molar-refractivity contribution in [2.75, 3.05) is 6.61 Å². The summed E-state index contributed by atoms with van der Waals surface area (Å²) >= 11 is 5.28. The van der Waals surface area contributed by atoms with Crippen molar-refractivity contribution < 1.29 is 9.47 Å². The van der Waals surface area contributed by atoms with Gasteiger partial charge in [-0.3, -0.25) is 5.10 Å². The molecule has 0 unspecified atom stereocenters. The highest BCUT2D eigenvalue weighted by Gasteiger charge is 2.10. The van der Waals surface area contributed by atoms with Gasteiger partial charge in [0.05, 0.1) is 12.8 Å². The molecule has 3 aromatic rings. The van der Waals surface area contributed by atoms with Crippen LogP contribution in [0.25, 0.3) is 0 Å². The highest BCUT2D eigenvalue weighted by atomic mass is 32.1. The average Bonchev–Trinajstić information content (AvgIpc) is 3.09. The van der Waals surface area contributed by atoms with Crippen molar-refractivity contribution in [3.05, 3.63) is 69.2 Å². The van der Waals surface area contributed by atoms with E-state index >= 15 is 0 Å². The van der Waals surface area contributed by atoms with Gasteiger partial charge < -0.3 is 9.47 Å². The molecule has 2 aromatic carbocycles. The van der Waals surface area contributed by atoms with E-state index in [2.05, 4.69) is 47.3 Å². The lowest BCUT2D eigenvalue weighted by Crippen LogP contribution is -2.03. The molecule has 0 saturated carbocycles. The van der Waals surface area contributed by atoms with Crippen molar-refractivity contribution in [2.24, 2.45) is 5.10 Å². The summed E-state index contributed by atoms with van der Waals surface area (Å²) in [6, 6.07) is 12.2. The summed E-state index contributed by atoms with van der Waals surface area (Å²) in [5.74, 6) is 2.38. The van der Waals surface area contributed by atoms with Gasteiger partial charge in [0.1, 0.15) is 6.61 Å². The molecule has 0 amide bonds. The summed E-state index contributed by atoms with van der Waals surface area (Å²) < 4.78 is 14.0. The fourth-order valence-corrected chi connectivity index (χ4v) is 3.20. The van der Waals surface area contributed by atoms with E-state index in [4.69, 9.17) is 21.7 Å². The Bertz CT molecular complexity index is 1100.